The molecule has 4 rings (SSSR count). The van der Waals surface area contributed by atoms with Crippen molar-refractivity contribution in [3.63, 3.8) is 0 Å². The van der Waals surface area contributed by atoms with Crippen molar-refractivity contribution in [3.05, 3.63) is 44.5 Å². The molecule has 2 aliphatic heterocycles. The van der Waals surface area contributed by atoms with Crippen molar-refractivity contribution < 1.29 is 14.7 Å². The summed E-state index contributed by atoms with van der Waals surface area (Å²) in [7, 11) is 0. The zero-order valence-corrected chi connectivity index (χ0v) is 18.1. The summed E-state index contributed by atoms with van der Waals surface area (Å²) in [5.74, 6) is -0.572. The molecule has 2 atom stereocenters. The summed E-state index contributed by atoms with van der Waals surface area (Å²) in [5.41, 5.74) is 3.52. The van der Waals surface area contributed by atoms with Gasteiger partial charge in [0.25, 0.3) is 11.8 Å². The minimum Gasteiger partial charge on any atom is -0.396 e. The first kappa shape index (κ1) is 20.6. The second kappa shape index (κ2) is 7.86. The van der Waals surface area contributed by atoms with Crippen molar-refractivity contribution in [2.75, 3.05) is 19.7 Å². The zero-order valence-electron chi connectivity index (χ0n) is 16.5. The first-order valence-corrected chi connectivity index (χ1v) is 10.8. The summed E-state index contributed by atoms with van der Waals surface area (Å²) >= 11 is 13.2. The highest BCUT2D eigenvalue weighted by atomic mass is 35.5. The topological polar surface area (TPSA) is 70.0 Å². The summed E-state index contributed by atoms with van der Waals surface area (Å²) in [6, 6.07) is 1.82. The number of carbonyl (C=O) groups excluding carboxylic acids is 2. The van der Waals surface area contributed by atoms with Gasteiger partial charge in [-0.1, -0.05) is 28.8 Å². The van der Waals surface area contributed by atoms with Crippen molar-refractivity contribution in [1.29, 1.82) is 0 Å². The lowest BCUT2D eigenvalue weighted by atomic mass is 9.88. The fourth-order valence-electron chi connectivity index (χ4n) is 4.45. The van der Waals surface area contributed by atoms with Crippen LogP contribution >= 0.6 is 23.2 Å². The van der Waals surface area contributed by atoms with Crippen molar-refractivity contribution >= 4 is 40.7 Å². The molecule has 0 bridgehead atoms. The molecule has 5 nitrogen and oxygen atoms in total. The molecule has 0 aromatic heterocycles. The number of fused-ring (bicyclic) bond motifs is 1. The molecular weight excluding hydrogens is 411 g/mol. The first-order chi connectivity index (χ1) is 13.8. The van der Waals surface area contributed by atoms with Crippen LogP contribution in [-0.2, 0) is 11.2 Å². The van der Waals surface area contributed by atoms with Crippen molar-refractivity contribution in [1.82, 2.24) is 4.90 Å². The molecule has 2 amide bonds. The lowest BCUT2D eigenvalue weighted by molar-refractivity contribution is -0.120. The van der Waals surface area contributed by atoms with Gasteiger partial charge in [0.05, 0.1) is 23.1 Å². The van der Waals surface area contributed by atoms with Crippen LogP contribution in [0.3, 0.4) is 0 Å². The maximum atomic E-state index is 13.3. The molecule has 1 fully saturated rings. The van der Waals surface area contributed by atoms with E-state index in [1.807, 2.05) is 19.1 Å². The Bertz CT molecular complexity index is 950. The third-order valence-electron chi connectivity index (χ3n) is 6.24. The zero-order chi connectivity index (χ0) is 20.9. The Morgan fingerprint density at radius 1 is 1.28 bits per heavy atom. The molecule has 3 aliphatic rings. The fraction of sp³-hybridized carbons (Fsp3) is 0.500. The van der Waals surface area contributed by atoms with Crippen molar-refractivity contribution in [2.45, 2.75) is 39.0 Å². The Hall–Kier alpha value is -1.69. The van der Waals surface area contributed by atoms with Crippen LogP contribution in [0.5, 0.6) is 0 Å². The first-order valence-electron chi connectivity index (χ1n) is 10.00. The van der Waals surface area contributed by atoms with Crippen LogP contribution in [-0.4, -0.2) is 47.2 Å². The molecule has 1 aromatic rings. The van der Waals surface area contributed by atoms with Gasteiger partial charge >= 0.3 is 0 Å². The van der Waals surface area contributed by atoms with Crippen LogP contribution < -0.4 is 0 Å². The number of hydrogen-bond acceptors (Lipinski definition) is 3. The molecule has 0 radical (unpaired) electrons. The molecule has 0 saturated heterocycles. The Labute approximate surface area is 180 Å². The van der Waals surface area contributed by atoms with Crippen molar-refractivity contribution in [2.24, 2.45) is 16.8 Å². The quantitative estimate of drug-likeness (QED) is 0.759. The molecule has 7 heteroatoms. The summed E-state index contributed by atoms with van der Waals surface area (Å²) in [6.45, 7) is 4.43. The fourth-order valence-corrected chi connectivity index (χ4v) is 5.15. The van der Waals surface area contributed by atoms with Gasteiger partial charge < -0.3 is 10.0 Å². The number of aliphatic imine (C=N–C) groups is 1. The number of hydrogen-bond donors (Lipinski definition) is 1. The summed E-state index contributed by atoms with van der Waals surface area (Å²) in [6.07, 6.45) is 4.56. The SMILES string of the molecule is CC1=CC(C)=NC(=O)C1CN1CCc2c(Cl)cc(C(CO)C3CC3)c(Cl)c2C1=O. The second-order valence-electron chi connectivity index (χ2n) is 8.28. The van der Waals surface area contributed by atoms with Gasteiger partial charge in [0.15, 0.2) is 0 Å². The Balaban J connectivity index is 1.65. The van der Waals surface area contributed by atoms with E-state index in [9.17, 15) is 14.7 Å². The van der Waals surface area contributed by atoms with Gasteiger partial charge in [0.1, 0.15) is 0 Å². The lowest BCUT2D eigenvalue weighted by Gasteiger charge is -2.33. The van der Waals surface area contributed by atoms with Crippen LogP contribution in [0.2, 0.25) is 10.0 Å². The number of amides is 2. The summed E-state index contributed by atoms with van der Waals surface area (Å²) in [5, 5.41) is 10.8. The smallest absolute Gasteiger partial charge is 0.255 e. The highest BCUT2D eigenvalue weighted by Crippen LogP contribution is 2.47. The van der Waals surface area contributed by atoms with E-state index in [1.54, 1.807) is 11.8 Å². The molecule has 1 aliphatic carbocycles. The van der Waals surface area contributed by atoms with Crippen LogP contribution in [0.4, 0.5) is 0 Å². The lowest BCUT2D eigenvalue weighted by Crippen LogP contribution is -2.43. The predicted molar refractivity (Wildman–Crippen MR) is 114 cm³/mol. The Morgan fingerprint density at radius 2 is 2.00 bits per heavy atom. The van der Waals surface area contributed by atoms with Gasteiger partial charge in [-0.25, -0.2) is 4.99 Å². The summed E-state index contributed by atoms with van der Waals surface area (Å²) in [4.78, 5) is 31.4. The number of carbonyl (C=O) groups is 2. The number of rotatable bonds is 5. The average Bonchev–Trinajstić information content (AvgIpc) is 3.49. The van der Waals surface area contributed by atoms with E-state index in [4.69, 9.17) is 23.2 Å². The Kier molecular flexibility index (Phi) is 5.58. The molecule has 2 heterocycles. The maximum Gasteiger partial charge on any atom is 0.255 e. The standard InChI is InChI=1S/C22H24Cl2N2O3/c1-11-7-12(2)25-21(28)16(11)9-26-6-5-14-18(23)8-15(17(10-27)13-3-4-13)20(24)19(14)22(26)29/h7-8,13,16-17,27H,3-6,9-10H2,1-2H3. The van der Waals surface area contributed by atoms with Crippen LogP contribution in [0.15, 0.2) is 22.7 Å². The van der Waals surface area contributed by atoms with E-state index in [-0.39, 0.29) is 30.9 Å². The van der Waals surface area contributed by atoms with Crippen LogP contribution in [0.1, 0.15) is 54.1 Å². The van der Waals surface area contributed by atoms with E-state index in [0.717, 1.165) is 29.5 Å². The maximum absolute atomic E-state index is 13.3. The van der Waals surface area contributed by atoms with Gasteiger partial charge in [-0.3, -0.25) is 9.59 Å². The third kappa shape index (κ3) is 3.76. The van der Waals surface area contributed by atoms with E-state index >= 15 is 0 Å². The van der Waals surface area contributed by atoms with Crippen LogP contribution in [0, 0.1) is 11.8 Å². The third-order valence-corrected chi connectivity index (χ3v) is 6.98. The van der Waals surface area contributed by atoms with E-state index in [2.05, 4.69) is 4.99 Å². The van der Waals surface area contributed by atoms with Gasteiger partial charge in [-0.05, 0) is 62.3 Å². The van der Waals surface area contributed by atoms with E-state index in [0.29, 0.717) is 40.2 Å². The van der Waals surface area contributed by atoms with Gasteiger partial charge in [-0.15, -0.1) is 0 Å². The molecule has 29 heavy (non-hydrogen) atoms. The minimum atomic E-state index is -0.432. The predicted octanol–water partition coefficient (Wildman–Crippen LogP) is 4.04. The van der Waals surface area contributed by atoms with E-state index in [1.165, 1.54) is 0 Å². The molecular formula is C22H24Cl2N2O3. The number of allylic oxidation sites excluding steroid dienone is 1. The average molecular weight is 435 g/mol. The van der Waals surface area contributed by atoms with Gasteiger partial charge in [-0.2, -0.15) is 0 Å². The number of benzene rings is 1. The number of dihydropyridines is 1. The van der Waals surface area contributed by atoms with Crippen LogP contribution in [0.25, 0.3) is 0 Å². The molecule has 1 aromatic carbocycles. The molecule has 0 spiro atoms. The highest BCUT2D eigenvalue weighted by Gasteiger charge is 2.38. The van der Waals surface area contributed by atoms with Gasteiger partial charge in [0.2, 0.25) is 0 Å². The monoisotopic (exact) mass is 434 g/mol. The summed E-state index contributed by atoms with van der Waals surface area (Å²) < 4.78 is 0. The number of aliphatic hydroxyl groups is 1. The highest BCUT2D eigenvalue weighted by molar-refractivity contribution is 6.37. The second-order valence-corrected chi connectivity index (χ2v) is 9.06. The Morgan fingerprint density at radius 3 is 2.62 bits per heavy atom. The van der Waals surface area contributed by atoms with Gasteiger partial charge in [0, 0.05) is 29.7 Å². The number of nitrogens with zero attached hydrogens (tertiary/aromatic N) is 2. The number of halogens is 2. The van der Waals surface area contributed by atoms with E-state index < -0.39 is 5.92 Å². The normalized spacial score (nSPS) is 22.9. The molecule has 2 unspecified atom stereocenters. The largest absolute Gasteiger partial charge is 0.396 e. The molecule has 154 valence electrons. The molecule has 1 N–H and O–H groups in total. The number of aliphatic hydroxyl groups excluding tert-OH is 1. The minimum absolute atomic E-state index is 0.0185. The van der Waals surface area contributed by atoms with Crippen molar-refractivity contribution in [3.8, 4) is 0 Å². The molecule has 1 saturated carbocycles.